The van der Waals surface area contributed by atoms with Gasteiger partial charge >= 0.3 is 0 Å². The molecular weight excluding hydrogens is 608 g/mol. The zero-order valence-electron chi connectivity index (χ0n) is 18.0. The van der Waals surface area contributed by atoms with E-state index in [0.29, 0.717) is 39.1 Å². The SMILES string of the molecule is C=CCn1c(CNc2ccc(Cl)cc2)nnc1S[C@H](C)C(=O)NN=Cc1cc(Br)cc(Br)c1O. The number of hydrazone groups is 1. The predicted octanol–water partition coefficient (Wildman–Crippen LogP) is 5.59. The predicted molar refractivity (Wildman–Crippen MR) is 144 cm³/mol. The Labute approximate surface area is 223 Å². The van der Waals surface area contributed by atoms with E-state index < -0.39 is 5.25 Å². The Morgan fingerprint density at radius 2 is 2.06 bits per heavy atom. The van der Waals surface area contributed by atoms with Crippen LogP contribution in [0.25, 0.3) is 0 Å². The highest BCUT2D eigenvalue weighted by Gasteiger charge is 2.19. The van der Waals surface area contributed by atoms with Crippen LogP contribution < -0.4 is 10.7 Å². The summed E-state index contributed by atoms with van der Waals surface area (Å²) in [6.45, 7) is 6.49. The quantitative estimate of drug-likeness (QED) is 0.117. The summed E-state index contributed by atoms with van der Waals surface area (Å²) in [5.74, 6) is 0.420. The maximum Gasteiger partial charge on any atom is 0.253 e. The molecule has 0 unspecified atom stereocenters. The highest BCUT2D eigenvalue weighted by atomic mass is 79.9. The molecule has 8 nitrogen and oxygen atoms in total. The van der Waals surface area contributed by atoms with E-state index in [4.69, 9.17) is 11.6 Å². The number of carbonyl (C=O) groups excluding carboxylic acids is 1. The lowest BCUT2D eigenvalue weighted by Gasteiger charge is -2.12. The van der Waals surface area contributed by atoms with E-state index in [1.165, 1.54) is 18.0 Å². The van der Waals surface area contributed by atoms with Crippen LogP contribution in [0.15, 0.2) is 68.3 Å². The number of thioether (sulfide) groups is 1. The van der Waals surface area contributed by atoms with Gasteiger partial charge in [0.05, 0.1) is 22.5 Å². The molecule has 0 aliphatic heterocycles. The number of rotatable bonds is 10. The number of amides is 1. The number of phenolic OH excluding ortho intramolecular Hbond substituents is 1. The summed E-state index contributed by atoms with van der Waals surface area (Å²) in [6, 6.07) is 10.8. The molecule has 0 aliphatic carbocycles. The smallest absolute Gasteiger partial charge is 0.253 e. The maximum absolute atomic E-state index is 12.5. The number of aromatic nitrogens is 3. The zero-order chi connectivity index (χ0) is 24.7. The molecule has 0 fully saturated rings. The van der Waals surface area contributed by atoms with Gasteiger partial charge in [0.2, 0.25) is 0 Å². The number of carbonyl (C=O) groups is 1. The molecule has 178 valence electrons. The second-order valence-corrected chi connectivity index (χ2v) is 10.5. The Morgan fingerprint density at radius 3 is 2.76 bits per heavy atom. The van der Waals surface area contributed by atoms with Gasteiger partial charge in [-0.25, -0.2) is 5.43 Å². The number of hydrogen-bond donors (Lipinski definition) is 3. The number of benzene rings is 2. The average Bonchev–Trinajstić information content (AvgIpc) is 3.17. The Bertz CT molecular complexity index is 1200. The topological polar surface area (TPSA) is 104 Å². The first-order valence-electron chi connectivity index (χ1n) is 9.98. The van der Waals surface area contributed by atoms with Crippen molar-refractivity contribution < 1.29 is 9.90 Å². The van der Waals surface area contributed by atoms with Crippen molar-refractivity contribution in [2.75, 3.05) is 5.32 Å². The van der Waals surface area contributed by atoms with E-state index in [1.54, 1.807) is 37.3 Å². The van der Waals surface area contributed by atoms with Gasteiger partial charge in [0.15, 0.2) is 11.0 Å². The minimum Gasteiger partial charge on any atom is -0.506 e. The lowest BCUT2D eigenvalue weighted by atomic mass is 10.2. The van der Waals surface area contributed by atoms with Crippen LogP contribution >= 0.6 is 55.2 Å². The fourth-order valence-corrected chi connectivity index (χ4v) is 5.01. The lowest BCUT2D eigenvalue weighted by Crippen LogP contribution is -2.27. The van der Waals surface area contributed by atoms with Crippen molar-refractivity contribution in [2.24, 2.45) is 5.10 Å². The molecule has 12 heteroatoms. The first-order valence-corrected chi connectivity index (χ1v) is 12.8. The number of anilines is 1. The van der Waals surface area contributed by atoms with Crippen LogP contribution in [0.2, 0.25) is 5.02 Å². The standard InChI is InChI=1S/C22H21Br2ClN6O2S/c1-3-8-31-19(12-26-17-6-4-16(25)5-7-17)28-30-22(31)34-13(2)21(33)29-27-11-14-9-15(23)10-18(24)20(14)32/h3-7,9-11,13,26,32H,1,8,12H2,2H3,(H,29,33)/t13-/m1/s1. The minimum absolute atomic E-state index is 0.0286. The van der Waals surface area contributed by atoms with Crippen molar-refractivity contribution in [3.05, 3.63) is 74.4 Å². The summed E-state index contributed by atoms with van der Waals surface area (Å²) in [6.07, 6.45) is 3.12. The molecule has 0 saturated carbocycles. The molecule has 0 radical (unpaired) electrons. The van der Waals surface area contributed by atoms with Crippen LogP contribution in [0.1, 0.15) is 18.3 Å². The summed E-state index contributed by atoms with van der Waals surface area (Å²) < 4.78 is 3.17. The molecule has 0 bridgehead atoms. The molecule has 1 amide bonds. The first-order chi connectivity index (χ1) is 16.3. The van der Waals surface area contributed by atoms with Crippen LogP contribution in [0.4, 0.5) is 5.69 Å². The Kier molecular flexibility index (Phi) is 9.57. The van der Waals surface area contributed by atoms with Crippen LogP contribution in [0.3, 0.4) is 0 Å². The van der Waals surface area contributed by atoms with Crippen molar-refractivity contribution in [3.63, 3.8) is 0 Å². The third-order valence-electron chi connectivity index (χ3n) is 4.49. The highest BCUT2D eigenvalue weighted by Crippen LogP contribution is 2.30. The maximum atomic E-state index is 12.5. The van der Waals surface area contributed by atoms with Crippen molar-refractivity contribution in [2.45, 2.75) is 30.4 Å². The van der Waals surface area contributed by atoms with Crippen LogP contribution in [-0.4, -0.2) is 37.2 Å². The fourth-order valence-electron chi connectivity index (χ4n) is 2.75. The first kappa shape index (κ1) is 26.3. The molecule has 3 aromatic rings. The third kappa shape index (κ3) is 7.08. The van der Waals surface area contributed by atoms with Crippen molar-refractivity contribution in [1.82, 2.24) is 20.2 Å². The Balaban J connectivity index is 1.63. The van der Waals surface area contributed by atoms with Gasteiger partial charge in [-0.3, -0.25) is 4.79 Å². The highest BCUT2D eigenvalue weighted by molar-refractivity contribution is 9.11. The molecule has 0 saturated heterocycles. The summed E-state index contributed by atoms with van der Waals surface area (Å²) in [4.78, 5) is 12.5. The minimum atomic E-state index is -0.496. The third-order valence-corrected chi connectivity index (χ3v) is 6.88. The van der Waals surface area contributed by atoms with E-state index in [1.807, 2.05) is 16.7 Å². The Hall–Kier alpha value is -2.34. The Morgan fingerprint density at radius 1 is 1.32 bits per heavy atom. The average molecular weight is 629 g/mol. The number of phenols is 1. The number of hydrogen-bond acceptors (Lipinski definition) is 7. The lowest BCUT2D eigenvalue weighted by molar-refractivity contribution is -0.120. The molecule has 0 spiro atoms. The van der Waals surface area contributed by atoms with Gasteiger partial charge in [0.1, 0.15) is 5.75 Å². The van der Waals surface area contributed by atoms with Gasteiger partial charge in [-0.05, 0) is 59.3 Å². The molecular formula is C22H21Br2ClN6O2S. The van der Waals surface area contributed by atoms with Gasteiger partial charge in [-0.1, -0.05) is 45.4 Å². The van der Waals surface area contributed by atoms with Crippen molar-refractivity contribution >= 4 is 73.0 Å². The fraction of sp³-hybridized carbons (Fsp3) is 0.182. The van der Waals surface area contributed by atoms with Crippen LogP contribution in [0, 0.1) is 0 Å². The summed E-state index contributed by atoms with van der Waals surface area (Å²) in [5, 5.41) is 26.6. The zero-order valence-corrected chi connectivity index (χ0v) is 22.7. The number of nitrogens with one attached hydrogen (secondary N) is 2. The van der Waals surface area contributed by atoms with Gasteiger partial charge < -0.3 is 15.0 Å². The van der Waals surface area contributed by atoms with Gasteiger partial charge in [0, 0.05) is 27.3 Å². The summed E-state index contributed by atoms with van der Waals surface area (Å²) >= 11 is 13.8. The molecule has 1 atom stereocenters. The summed E-state index contributed by atoms with van der Waals surface area (Å²) in [5.41, 5.74) is 3.85. The second-order valence-electron chi connectivity index (χ2n) is 6.98. The largest absolute Gasteiger partial charge is 0.506 e. The number of aromatic hydroxyl groups is 1. The molecule has 1 aromatic heterocycles. The van der Waals surface area contributed by atoms with Crippen LogP contribution in [0.5, 0.6) is 5.75 Å². The van der Waals surface area contributed by atoms with Gasteiger partial charge in [-0.2, -0.15) is 5.10 Å². The molecule has 0 aliphatic rings. The molecule has 34 heavy (non-hydrogen) atoms. The van der Waals surface area contributed by atoms with Crippen molar-refractivity contribution in [1.29, 1.82) is 0 Å². The van der Waals surface area contributed by atoms with E-state index >= 15 is 0 Å². The molecule has 3 N–H and O–H groups in total. The van der Waals surface area contributed by atoms with E-state index in [-0.39, 0.29) is 11.7 Å². The normalized spacial score (nSPS) is 12.0. The van der Waals surface area contributed by atoms with Crippen LogP contribution in [-0.2, 0) is 17.9 Å². The molecule has 2 aromatic carbocycles. The van der Waals surface area contributed by atoms with E-state index in [9.17, 15) is 9.90 Å². The number of allylic oxidation sites excluding steroid dienone is 1. The van der Waals surface area contributed by atoms with Gasteiger partial charge in [0.25, 0.3) is 5.91 Å². The molecule has 3 rings (SSSR count). The number of nitrogens with zero attached hydrogens (tertiary/aromatic N) is 4. The summed E-state index contributed by atoms with van der Waals surface area (Å²) in [7, 11) is 0. The van der Waals surface area contributed by atoms with E-state index in [2.05, 4.69) is 64.5 Å². The monoisotopic (exact) mass is 626 g/mol. The second kappa shape index (κ2) is 12.4. The van der Waals surface area contributed by atoms with Gasteiger partial charge in [-0.15, -0.1) is 16.8 Å². The van der Waals surface area contributed by atoms with E-state index in [0.717, 1.165) is 10.2 Å². The molecule has 1 heterocycles. The number of halogens is 3. The van der Waals surface area contributed by atoms with Crippen molar-refractivity contribution in [3.8, 4) is 5.75 Å².